The Bertz CT molecular complexity index is 1660. The van der Waals surface area contributed by atoms with Gasteiger partial charge in [-0.2, -0.15) is 5.10 Å². The molecule has 226 valence electrons. The highest BCUT2D eigenvalue weighted by Gasteiger charge is 2.31. The van der Waals surface area contributed by atoms with Crippen LogP contribution in [-0.4, -0.2) is 74.6 Å². The highest BCUT2D eigenvalue weighted by molar-refractivity contribution is 5.84. The Balaban J connectivity index is 1.36. The predicted molar refractivity (Wildman–Crippen MR) is 164 cm³/mol. The number of hydrogen-bond acceptors (Lipinski definition) is 10. The number of nitrogens with one attached hydrogen (secondary N) is 1. The zero-order valence-electron chi connectivity index (χ0n) is 25.2. The number of carbonyl (C=O) groups excluding carboxylic acids is 1. The van der Waals surface area contributed by atoms with E-state index in [2.05, 4.69) is 20.4 Å². The number of benzene rings is 2. The minimum atomic E-state index is -0.570. The van der Waals surface area contributed by atoms with Crippen molar-refractivity contribution in [3.05, 3.63) is 59.0 Å². The van der Waals surface area contributed by atoms with Gasteiger partial charge in [-0.3, -0.25) is 14.8 Å². The smallest absolute Gasteiger partial charge is 0.410 e. The predicted octanol–water partition coefficient (Wildman–Crippen LogP) is 5.53. The van der Waals surface area contributed by atoms with Crippen molar-refractivity contribution >= 4 is 39.9 Å². The van der Waals surface area contributed by atoms with E-state index in [1.54, 1.807) is 27.9 Å². The summed E-state index contributed by atoms with van der Waals surface area (Å²) in [7, 11) is 5.24. The van der Waals surface area contributed by atoms with E-state index >= 15 is 0 Å². The summed E-state index contributed by atoms with van der Waals surface area (Å²) in [6.07, 6.45) is 4.18. The number of methoxy groups -OCH3 is 1. The molecule has 0 spiro atoms. The van der Waals surface area contributed by atoms with Crippen LogP contribution in [0.15, 0.2) is 48.9 Å². The molecular formula is C30H36N8O5. The monoisotopic (exact) mass is 588 g/mol. The standard InChI is InChI=1S/C30H36N8O5/c1-30(2,3)43-29(39)37-11-9-21(10-12-37)35(4)25-16-27(42-6)23(14-26(25)38(40)41)34-28-15-22(31-18-32-28)19-7-8-24-20(13-19)17-33-36(24)5/h7-8,13-18,21H,9-12H2,1-6H3,(H,31,32,34). The first-order valence-electron chi connectivity index (χ1n) is 14.0. The van der Waals surface area contributed by atoms with Crippen LogP contribution >= 0.6 is 0 Å². The van der Waals surface area contributed by atoms with E-state index in [0.29, 0.717) is 54.6 Å². The average molecular weight is 589 g/mol. The van der Waals surface area contributed by atoms with Crippen molar-refractivity contribution in [3.8, 4) is 17.0 Å². The summed E-state index contributed by atoms with van der Waals surface area (Å²) in [4.78, 5) is 36.7. The number of ether oxygens (including phenoxy) is 2. The number of nitro groups is 1. The average Bonchev–Trinajstić information content (AvgIpc) is 3.35. The molecule has 1 N–H and O–H groups in total. The molecule has 1 fully saturated rings. The third kappa shape index (κ3) is 6.45. The van der Waals surface area contributed by atoms with Gasteiger partial charge in [0.2, 0.25) is 0 Å². The number of amides is 1. The van der Waals surface area contributed by atoms with Crippen LogP contribution in [0.5, 0.6) is 5.75 Å². The number of carbonyl (C=O) groups is 1. The first-order valence-corrected chi connectivity index (χ1v) is 14.0. The Hall–Kier alpha value is -4.94. The van der Waals surface area contributed by atoms with E-state index in [-0.39, 0.29) is 17.8 Å². The largest absolute Gasteiger partial charge is 0.494 e. The Kier molecular flexibility index (Phi) is 8.07. The van der Waals surface area contributed by atoms with Crippen molar-refractivity contribution < 1.29 is 19.2 Å². The molecule has 2 aromatic heterocycles. The number of fused-ring (bicyclic) bond motifs is 1. The van der Waals surface area contributed by atoms with Gasteiger partial charge in [-0.05, 0) is 45.7 Å². The van der Waals surface area contributed by atoms with E-state index < -0.39 is 10.5 Å². The third-order valence-corrected chi connectivity index (χ3v) is 7.51. The summed E-state index contributed by atoms with van der Waals surface area (Å²) in [5.41, 5.74) is 2.77. The fourth-order valence-corrected chi connectivity index (χ4v) is 5.26. The number of nitrogens with zero attached hydrogens (tertiary/aromatic N) is 7. The Morgan fingerprint density at radius 2 is 1.88 bits per heavy atom. The maximum absolute atomic E-state index is 12.5. The Labute approximate surface area is 249 Å². The van der Waals surface area contributed by atoms with Gasteiger partial charge >= 0.3 is 6.09 Å². The van der Waals surface area contributed by atoms with Crippen LogP contribution in [0.25, 0.3) is 22.2 Å². The molecule has 1 aliphatic heterocycles. The molecule has 13 nitrogen and oxygen atoms in total. The number of rotatable bonds is 7. The summed E-state index contributed by atoms with van der Waals surface area (Å²) >= 11 is 0. The molecule has 2 aromatic carbocycles. The number of likely N-dealkylation sites (tertiary alicyclic amines) is 1. The number of nitro benzene ring substituents is 1. The van der Waals surface area contributed by atoms with Crippen LogP contribution in [0.4, 0.5) is 27.7 Å². The Morgan fingerprint density at radius 3 is 2.56 bits per heavy atom. The fourth-order valence-electron chi connectivity index (χ4n) is 5.26. The summed E-state index contributed by atoms with van der Waals surface area (Å²) in [6, 6.07) is 10.8. The second kappa shape index (κ2) is 11.7. The number of anilines is 3. The maximum atomic E-state index is 12.5. The maximum Gasteiger partial charge on any atom is 0.410 e. The molecule has 0 radical (unpaired) electrons. The lowest BCUT2D eigenvalue weighted by molar-refractivity contribution is -0.384. The molecule has 4 aromatic rings. The van der Waals surface area contributed by atoms with E-state index in [0.717, 1.165) is 16.5 Å². The van der Waals surface area contributed by atoms with Gasteiger partial charge in [0, 0.05) is 62.4 Å². The minimum Gasteiger partial charge on any atom is -0.494 e. The number of hydrogen-bond donors (Lipinski definition) is 1. The van der Waals surface area contributed by atoms with Gasteiger partial charge in [0.1, 0.15) is 29.2 Å². The minimum absolute atomic E-state index is 0.0116. The molecular weight excluding hydrogens is 552 g/mol. The van der Waals surface area contributed by atoms with Crippen molar-refractivity contribution in [2.45, 2.75) is 45.3 Å². The van der Waals surface area contributed by atoms with Crippen molar-refractivity contribution in [3.63, 3.8) is 0 Å². The van der Waals surface area contributed by atoms with E-state index in [9.17, 15) is 14.9 Å². The molecule has 0 atom stereocenters. The molecule has 3 heterocycles. The van der Waals surface area contributed by atoms with Gasteiger partial charge in [0.15, 0.2) is 0 Å². The van der Waals surface area contributed by atoms with E-state index in [1.807, 2.05) is 58.0 Å². The summed E-state index contributed by atoms with van der Waals surface area (Å²) in [6.45, 7) is 6.51. The van der Waals surface area contributed by atoms with Crippen molar-refractivity contribution in [1.82, 2.24) is 24.6 Å². The summed E-state index contributed by atoms with van der Waals surface area (Å²) in [5.74, 6) is 0.884. The molecule has 0 unspecified atom stereocenters. The highest BCUT2D eigenvalue weighted by atomic mass is 16.6. The molecule has 13 heteroatoms. The number of piperidine rings is 1. The van der Waals surface area contributed by atoms with Crippen molar-refractivity contribution in [1.29, 1.82) is 0 Å². The molecule has 1 amide bonds. The van der Waals surface area contributed by atoms with Crippen molar-refractivity contribution in [2.24, 2.45) is 7.05 Å². The highest BCUT2D eigenvalue weighted by Crippen LogP contribution is 2.40. The second-order valence-corrected chi connectivity index (χ2v) is 11.6. The molecule has 0 saturated carbocycles. The molecule has 43 heavy (non-hydrogen) atoms. The van der Waals surface area contributed by atoms with E-state index in [4.69, 9.17) is 9.47 Å². The first kappa shape index (κ1) is 29.5. The van der Waals surface area contributed by atoms with Crippen LogP contribution in [0.2, 0.25) is 0 Å². The quantitative estimate of drug-likeness (QED) is 0.216. The van der Waals surface area contributed by atoms with Crippen LogP contribution in [0.3, 0.4) is 0 Å². The topological polar surface area (TPSA) is 141 Å². The molecule has 1 aliphatic rings. The van der Waals surface area contributed by atoms with Crippen molar-refractivity contribution in [2.75, 3.05) is 37.5 Å². The molecule has 1 saturated heterocycles. The zero-order chi connectivity index (χ0) is 30.9. The van der Waals surface area contributed by atoms with Gasteiger partial charge in [-0.25, -0.2) is 14.8 Å². The lowest BCUT2D eigenvalue weighted by atomic mass is 10.0. The molecule has 5 rings (SSSR count). The lowest BCUT2D eigenvalue weighted by Crippen LogP contribution is -2.47. The summed E-state index contributed by atoms with van der Waals surface area (Å²) in [5, 5.41) is 20.7. The summed E-state index contributed by atoms with van der Waals surface area (Å²) < 4.78 is 13.0. The first-order chi connectivity index (χ1) is 20.4. The van der Waals surface area contributed by atoms with Crippen LogP contribution in [0, 0.1) is 10.1 Å². The second-order valence-electron chi connectivity index (χ2n) is 11.6. The molecule has 0 aliphatic carbocycles. The number of aromatic nitrogens is 4. The van der Waals surface area contributed by atoms with E-state index in [1.165, 1.54) is 19.5 Å². The normalized spacial score (nSPS) is 14.0. The van der Waals surface area contributed by atoms with Gasteiger partial charge < -0.3 is 24.6 Å². The lowest BCUT2D eigenvalue weighted by Gasteiger charge is -2.38. The van der Waals surface area contributed by atoms with Crippen LogP contribution in [-0.2, 0) is 11.8 Å². The van der Waals surface area contributed by atoms with Crippen LogP contribution in [0.1, 0.15) is 33.6 Å². The van der Waals surface area contributed by atoms with Gasteiger partial charge in [0.05, 0.1) is 35.1 Å². The van der Waals surface area contributed by atoms with Gasteiger partial charge in [0.25, 0.3) is 5.69 Å². The fraction of sp³-hybridized carbons (Fsp3) is 0.400. The SMILES string of the molecule is COc1cc(N(C)C2CCN(C(=O)OC(C)(C)C)CC2)c([N+](=O)[O-])cc1Nc1cc(-c2ccc3c(cnn3C)c2)ncn1. The third-order valence-electron chi connectivity index (χ3n) is 7.51. The van der Waals surface area contributed by atoms with Crippen LogP contribution < -0.4 is 15.0 Å². The van der Waals surface area contributed by atoms with Gasteiger partial charge in [-0.1, -0.05) is 6.07 Å². The Morgan fingerprint density at radius 1 is 1.14 bits per heavy atom. The number of aryl methyl sites for hydroxylation is 1. The van der Waals surface area contributed by atoms with Gasteiger partial charge in [-0.15, -0.1) is 0 Å². The molecule has 0 bridgehead atoms. The zero-order valence-corrected chi connectivity index (χ0v) is 25.2.